The lowest BCUT2D eigenvalue weighted by atomic mass is 9.83. The van der Waals surface area contributed by atoms with Crippen LogP contribution in [0.1, 0.15) is 36.9 Å². The second-order valence-corrected chi connectivity index (χ2v) is 6.82. The summed E-state index contributed by atoms with van der Waals surface area (Å²) in [4.78, 5) is 23.3. The van der Waals surface area contributed by atoms with Crippen molar-refractivity contribution in [2.75, 3.05) is 7.11 Å². The van der Waals surface area contributed by atoms with E-state index in [-0.39, 0.29) is 23.5 Å². The molecule has 1 aromatic heterocycles. The zero-order valence-corrected chi connectivity index (χ0v) is 14.0. The fourth-order valence-corrected chi connectivity index (χ4v) is 4.08. The number of rotatable bonds is 3. The van der Waals surface area contributed by atoms with E-state index >= 15 is 0 Å². The lowest BCUT2D eigenvalue weighted by molar-refractivity contribution is -0.384. The molecule has 2 aromatic rings. The SMILES string of the molecule is CO[C@@H]1CC[C@@H]2c3c([nH]n(-c4ccc([N+](=O)[O-])cc4)c3=O)C[C@]2(C)O1. The normalized spacial score (nSPS) is 27.8. The maximum Gasteiger partial charge on any atom is 0.275 e. The smallest absolute Gasteiger partial charge is 0.275 e. The number of aromatic nitrogens is 2. The van der Waals surface area contributed by atoms with E-state index in [2.05, 4.69) is 5.10 Å². The van der Waals surface area contributed by atoms with Crippen molar-refractivity contribution in [2.45, 2.75) is 44.0 Å². The summed E-state index contributed by atoms with van der Waals surface area (Å²) >= 11 is 0. The Kier molecular flexibility index (Phi) is 3.55. The third-order valence-electron chi connectivity index (χ3n) is 5.29. The Balaban J connectivity index is 1.70. The van der Waals surface area contributed by atoms with Gasteiger partial charge in [-0.05, 0) is 31.9 Å². The van der Waals surface area contributed by atoms with Gasteiger partial charge in [-0.2, -0.15) is 0 Å². The van der Waals surface area contributed by atoms with Gasteiger partial charge in [0, 0.05) is 42.8 Å². The first-order chi connectivity index (χ1) is 11.9. The van der Waals surface area contributed by atoms with Gasteiger partial charge in [0.25, 0.3) is 11.2 Å². The Morgan fingerprint density at radius 2 is 2.08 bits per heavy atom. The largest absolute Gasteiger partial charge is 0.356 e. The van der Waals surface area contributed by atoms with Crippen LogP contribution in [-0.4, -0.2) is 33.7 Å². The number of non-ortho nitro benzene ring substituents is 1. The minimum Gasteiger partial charge on any atom is -0.356 e. The fourth-order valence-electron chi connectivity index (χ4n) is 4.08. The maximum atomic E-state index is 12.9. The number of nitro benzene ring substituents is 1. The average Bonchev–Trinajstić information content (AvgIpc) is 3.06. The molecule has 1 aliphatic carbocycles. The van der Waals surface area contributed by atoms with E-state index in [1.165, 1.54) is 16.8 Å². The number of nitrogens with one attached hydrogen (secondary N) is 1. The summed E-state index contributed by atoms with van der Waals surface area (Å²) in [6.07, 6.45) is 1.96. The van der Waals surface area contributed by atoms with Crippen LogP contribution < -0.4 is 5.56 Å². The minimum atomic E-state index is -0.460. The zero-order valence-electron chi connectivity index (χ0n) is 14.0. The quantitative estimate of drug-likeness (QED) is 0.679. The van der Waals surface area contributed by atoms with Crippen LogP contribution in [0, 0.1) is 10.1 Å². The summed E-state index contributed by atoms with van der Waals surface area (Å²) in [5, 5.41) is 13.9. The Morgan fingerprint density at radius 3 is 2.72 bits per heavy atom. The van der Waals surface area contributed by atoms with Crippen molar-refractivity contribution >= 4 is 5.69 Å². The van der Waals surface area contributed by atoms with Crippen LogP contribution in [0.5, 0.6) is 0 Å². The molecule has 0 bridgehead atoms. The molecule has 1 saturated heterocycles. The first-order valence-corrected chi connectivity index (χ1v) is 8.22. The van der Waals surface area contributed by atoms with E-state index in [1.807, 2.05) is 6.92 Å². The Hall–Kier alpha value is -2.45. The van der Waals surface area contributed by atoms with E-state index in [9.17, 15) is 14.9 Å². The Bertz CT molecular complexity index is 885. The van der Waals surface area contributed by atoms with Gasteiger partial charge in [0.1, 0.15) is 0 Å². The molecular weight excluding hydrogens is 326 g/mol. The molecule has 1 aliphatic heterocycles. The average molecular weight is 345 g/mol. The second-order valence-electron chi connectivity index (χ2n) is 6.82. The predicted octanol–water partition coefficient (Wildman–Crippen LogP) is 2.26. The number of fused-ring (bicyclic) bond motifs is 3. The molecule has 1 N–H and O–H groups in total. The summed E-state index contributed by atoms with van der Waals surface area (Å²) in [6.45, 7) is 2.02. The van der Waals surface area contributed by atoms with E-state index in [0.29, 0.717) is 12.1 Å². The van der Waals surface area contributed by atoms with Gasteiger partial charge in [0.15, 0.2) is 6.29 Å². The van der Waals surface area contributed by atoms with Crippen molar-refractivity contribution in [3.63, 3.8) is 0 Å². The number of nitrogens with zero attached hydrogens (tertiary/aromatic N) is 2. The van der Waals surface area contributed by atoms with Crippen molar-refractivity contribution in [1.29, 1.82) is 0 Å². The van der Waals surface area contributed by atoms with E-state index in [1.54, 1.807) is 19.2 Å². The number of ether oxygens (including phenoxy) is 2. The summed E-state index contributed by atoms with van der Waals surface area (Å²) in [6, 6.07) is 5.93. The molecule has 0 saturated carbocycles. The number of nitro groups is 1. The van der Waals surface area contributed by atoms with Gasteiger partial charge < -0.3 is 9.47 Å². The first kappa shape index (κ1) is 16.0. The lowest BCUT2D eigenvalue weighted by Gasteiger charge is -2.40. The summed E-state index contributed by atoms with van der Waals surface area (Å²) in [5.41, 5.74) is 1.65. The van der Waals surface area contributed by atoms with Gasteiger partial charge in [0.05, 0.1) is 16.2 Å². The molecule has 25 heavy (non-hydrogen) atoms. The third kappa shape index (κ3) is 2.40. The number of H-pyrrole nitrogens is 1. The number of hydrogen-bond donors (Lipinski definition) is 1. The molecule has 8 heteroatoms. The summed E-state index contributed by atoms with van der Waals surface area (Å²) in [5.74, 6) is 0.0250. The Morgan fingerprint density at radius 1 is 1.36 bits per heavy atom. The minimum absolute atomic E-state index is 0.00485. The second kappa shape index (κ2) is 5.53. The van der Waals surface area contributed by atoms with Crippen LogP contribution in [0.15, 0.2) is 29.1 Å². The van der Waals surface area contributed by atoms with Crippen LogP contribution >= 0.6 is 0 Å². The molecule has 2 heterocycles. The van der Waals surface area contributed by atoms with Crippen molar-refractivity contribution in [3.05, 3.63) is 56.0 Å². The third-order valence-corrected chi connectivity index (χ3v) is 5.29. The zero-order chi connectivity index (χ0) is 17.8. The topological polar surface area (TPSA) is 99.4 Å². The number of hydrogen-bond acceptors (Lipinski definition) is 5. The predicted molar refractivity (Wildman–Crippen MR) is 89.0 cm³/mol. The van der Waals surface area contributed by atoms with Crippen molar-refractivity contribution in [3.8, 4) is 5.69 Å². The number of benzene rings is 1. The molecular formula is C17H19N3O5. The fraction of sp³-hybridized carbons (Fsp3) is 0.471. The van der Waals surface area contributed by atoms with E-state index < -0.39 is 10.5 Å². The van der Waals surface area contributed by atoms with Crippen LogP contribution in [0.2, 0.25) is 0 Å². The molecule has 2 aliphatic rings. The maximum absolute atomic E-state index is 12.9. The number of methoxy groups -OCH3 is 1. The summed E-state index contributed by atoms with van der Waals surface area (Å²) in [7, 11) is 1.63. The first-order valence-electron chi connectivity index (χ1n) is 8.22. The van der Waals surface area contributed by atoms with E-state index in [4.69, 9.17) is 9.47 Å². The van der Waals surface area contributed by atoms with Gasteiger partial charge in [-0.3, -0.25) is 20.0 Å². The summed E-state index contributed by atoms with van der Waals surface area (Å²) < 4.78 is 12.8. The monoisotopic (exact) mass is 345 g/mol. The van der Waals surface area contributed by atoms with E-state index in [0.717, 1.165) is 24.1 Å². The van der Waals surface area contributed by atoms with Gasteiger partial charge in [-0.25, -0.2) is 4.68 Å². The Labute approximate surface area is 143 Å². The van der Waals surface area contributed by atoms with Gasteiger partial charge >= 0.3 is 0 Å². The molecule has 0 amide bonds. The highest BCUT2D eigenvalue weighted by molar-refractivity contribution is 5.43. The van der Waals surface area contributed by atoms with Crippen LogP contribution in [0.4, 0.5) is 5.69 Å². The number of aromatic amines is 1. The molecule has 4 rings (SSSR count). The van der Waals surface area contributed by atoms with Gasteiger partial charge in [0.2, 0.25) is 0 Å². The molecule has 0 radical (unpaired) electrons. The van der Waals surface area contributed by atoms with Crippen molar-refractivity contribution < 1.29 is 14.4 Å². The molecule has 3 atom stereocenters. The van der Waals surface area contributed by atoms with Crippen molar-refractivity contribution in [1.82, 2.24) is 9.78 Å². The molecule has 1 fully saturated rings. The standard InChI is InChI=1S/C17H19N3O5/c1-17-9-13-15(12(17)7-8-14(24-2)25-17)16(21)19(18-13)10-3-5-11(6-4-10)20(22)23/h3-6,12,14,18H,7-9H2,1-2H3/t12-,14+,17+/m1/s1. The lowest BCUT2D eigenvalue weighted by Crippen LogP contribution is -2.44. The highest BCUT2D eigenvalue weighted by Crippen LogP contribution is 2.48. The molecule has 132 valence electrons. The molecule has 1 aromatic carbocycles. The molecule has 8 nitrogen and oxygen atoms in total. The van der Waals surface area contributed by atoms with Gasteiger partial charge in [-0.1, -0.05) is 0 Å². The van der Waals surface area contributed by atoms with Crippen LogP contribution in [0.25, 0.3) is 5.69 Å². The molecule has 0 spiro atoms. The van der Waals surface area contributed by atoms with Gasteiger partial charge in [-0.15, -0.1) is 0 Å². The van der Waals surface area contributed by atoms with Crippen LogP contribution in [-0.2, 0) is 15.9 Å². The van der Waals surface area contributed by atoms with Crippen LogP contribution in [0.3, 0.4) is 0 Å². The highest BCUT2D eigenvalue weighted by atomic mass is 16.7. The highest BCUT2D eigenvalue weighted by Gasteiger charge is 2.50. The molecule has 0 unspecified atom stereocenters. The van der Waals surface area contributed by atoms with Crippen molar-refractivity contribution in [2.24, 2.45) is 0 Å².